The van der Waals surface area contributed by atoms with Gasteiger partial charge >= 0.3 is 21.1 Å². The molecule has 0 spiro atoms. The molecule has 60 heavy (non-hydrogen) atoms. The van der Waals surface area contributed by atoms with Crippen LogP contribution < -0.4 is 4.90 Å². The number of para-hydroxylation sites is 1. The van der Waals surface area contributed by atoms with Crippen molar-refractivity contribution < 1.29 is 23.8 Å². The number of hydrogen-bond acceptors (Lipinski definition) is 4. The van der Waals surface area contributed by atoms with Gasteiger partial charge in [-0.25, -0.2) is 4.98 Å². The van der Waals surface area contributed by atoms with Gasteiger partial charge in [0.25, 0.3) is 0 Å². The Morgan fingerprint density at radius 3 is 2.35 bits per heavy atom. The summed E-state index contributed by atoms with van der Waals surface area (Å²) in [5, 5.41) is 3.16. The molecule has 3 aliphatic rings. The SMILES string of the molecule is [2H]C1([2H])c2c(ccc(C)c2C)[C@]2(C)SC(c3[c-]c(N4c5[c-]c6c(cc5C(C)(C)c5ccccc54)c4cc(C)ccc4n6-c4cc(C(C)(C)C)ccn4)cc(C(C)C)c3)=N[C@]12C.[Pt+2]. The first-order valence-electron chi connectivity index (χ1n) is 22.0. The number of aliphatic imine (C=N–C) groups is 1. The van der Waals surface area contributed by atoms with E-state index < -0.39 is 16.7 Å². The fraction of sp³-hybridized carbons (Fsp3) is 0.333. The zero-order chi connectivity index (χ0) is 43.3. The van der Waals surface area contributed by atoms with Crippen LogP contribution >= 0.6 is 11.8 Å². The van der Waals surface area contributed by atoms with E-state index in [1.54, 1.807) is 11.8 Å². The van der Waals surface area contributed by atoms with Crippen LogP contribution in [0.2, 0.25) is 0 Å². The Hall–Kier alpha value is -4.44. The molecular formula is C54H54N4PtS. The molecule has 6 heteroatoms. The van der Waals surface area contributed by atoms with E-state index in [0.717, 1.165) is 72.2 Å². The summed E-state index contributed by atoms with van der Waals surface area (Å²) in [7, 11) is 0. The Morgan fingerprint density at radius 1 is 0.833 bits per heavy atom. The minimum Gasteiger partial charge on any atom is -0.352 e. The Balaban J connectivity index is 0.00000490. The molecule has 0 unspecified atom stereocenters. The molecule has 0 amide bonds. The van der Waals surface area contributed by atoms with Gasteiger partial charge in [-0.15, -0.1) is 58.1 Å². The molecule has 4 heterocycles. The number of aryl methyl sites for hydroxylation is 2. The molecule has 0 fully saturated rings. The van der Waals surface area contributed by atoms with Crippen LogP contribution in [0.5, 0.6) is 0 Å². The van der Waals surface area contributed by atoms with E-state index in [4.69, 9.17) is 9.98 Å². The van der Waals surface area contributed by atoms with Crippen LogP contribution in [-0.2, 0) is 43.0 Å². The molecule has 2 aromatic heterocycles. The van der Waals surface area contributed by atoms with E-state index >= 15 is 0 Å². The van der Waals surface area contributed by atoms with Crippen LogP contribution in [0.3, 0.4) is 0 Å². The van der Waals surface area contributed by atoms with Gasteiger partial charge in [-0.2, -0.15) is 6.07 Å². The maximum Gasteiger partial charge on any atom is 2.00 e. The third kappa shape index (κ3) is 5.88. The van der Waals surface area contributed by atoms with Crippen molar-refractivity contribution in [2.24, 2.45) is 4.99 Å². The minimum absolute atomic E-state index is 0. The van der Waals surface area contributed by atoms with E-state index in [0.29, 0.717) is 0 Å². The van der Waals surface area contributed by atoms with E-state index in [9.17, 15) is 2.74 Å². The van der Waals surface area contributed by atoms with Crippen molar-refractivity contribution in [1.82, 2.24) is 9.55 Å². The predicted molar refractivity (Wildman–Crippen MR) is 250 cm³/mol. The zero-order valence-electron chi connectivity index (χ0n) is 38.8. The van der Waals surface area contributed by atoms with Crippen molar-refractivity contribution in [3.05, 3.63) is 159 Å². The maximum atomic E-state index is 9.68. The van der Waals surface area contributed by atoms with Gasteiger partial charge in [0.15, 0.2) is 0 Å². The van der Waals surface area contributed by atoms with Gasteiger partial charge in [0.05, 0.1) is 10.3 Å². The van der Waals surface area contributed by atoms with Gasteiger partial charge < -0.3 is 14.5 Å². The van der Waals surface area contributed by atoms with Crippen molar-refractivity contribution in [3.63, 3.8) is 0 Å². The summed E-state index contributed by atoms with van der Waals surface area (Å²) in [5.41, 5.74) is 14.6. The van der Waals surface area contributed by atoms with Crippen molar-refractivity contribution in [2.75, 3.05) is 4.90 Å². The molecule has 0 N–H and O–H groups in total. The number of nitrogens with zero attached hydrogens (tertiary/aromatic N) is 4. The molecule has 0 saturated heterocycles. The van der Waals surface area contributed by atoms with Crippen LogP contribution in [0.4, 0.5) is 17.1 Å². The number of fused-ring (bicyclic) bond motifs is 8. The molecule has 7 aromatic rings. The predicted octanol–water partition coefficient (Wildman–Crippen LogP) is 14.0. The van der Waals surface area contributed by atoms with Crippen LogP contribution in [0.25, 0.3) is 27.6 Å². The Labute approximate surface area is 378 Å². The van der Waals surface area contributed by atoms with Gasteiger partial charge in [-0.05, 0) is 126 Å². The van der Waals surface area contributed by atoms with Crippen LogP contribution in [0.15, 0.2) is 96.1 Å². The molecule has 1 aliphatic carbocycles. The average molecular weight is 988 g/mol. The summed E-state index contributed by atoms with van der Waals surface area (Å²) >= 11 is 1.69. The monoisotopic (exact) mass is 987 g/mol. The first kappa shape index (κ1) is 38.5. The smallest absolute Gasteiger partial charge is 0.352 e. The van der Waals surface area contributed by atoms with E-state index in [1.807, 2.05) is 13.1 Å². The number of hydrogen-bond donors (Lipinski definition) is 0. The van der Waals surface area contributed by atoms with Gasteiger partial charge in [0, 0.05) is 25.2 Å². The summed E-state index contributed by atoms with van der Waals surface area (Å²) in [6.07, 6.45) is 0.278. The first-order chi connectivity index (χ1) is 28.7. The normalized spacial score (nSPS) is 21.6. The summed E-state index contributed by atoms with van der Waals surface area (Å²) < 4.78 is 21.1. The summed E-state index contributed by atoms with van der Waals surface area (Å²) in [5.74, 6) is 1.10. The van der Waals surface area contributed by atoms with Crippen molar-refractivity contribution >= 4 is 55.7 Å². The standard InChI is InChI=1S/C54H54N4S.Pt/c1-31(2)35-24-36(50-56-53(11)30-41-34(5)33(4)18-19-42(41)54(53,12)59-50)26-38(25-35)57-46-16-14-13-15-43(46)52(9,10)44-28-40-39-23-32(3)17-20-45(39)58(47(40)29-48(44)57)49-27-37(21-22-55-49)51(6,7)8;/h13-25,27-28,31H,30H2,1-12H3;/q-2;+2/t53-,54+;/m1./s1/i30D2;. The molecule has 306 valence electrons. The van der Waals surface area contributed by atoms with Gasteiger partial charge in [0.2, 0.25) is 0 Å². The van der Waals surface area contributed by atoms with E-state index in [2.05, 4.69) is 183 Å². The van der Waals surface area contributed by atoms with Gasteiger partial charge in [0.1, 0.15) is 5.82 Å². The number of thioether (sulfide) groups is 1. The average Bonchev–Trinajstić information content (AvgIpc) is 3.72. The van der Waals surface area contributed by atoms with Crippen molar-refractivity contribution in [3.8, 4) is 5.82 Å². The second-order valence-corrected chi connectivity index (χ2v) is 20.7. The summed E-state index contributed by atoms with van der Waals surface area (Å²) in [4.78, 5) is 12.8. The second kappa shape index (κ2) is 13.8. The Bertz CT molecular complexity index is 3060. The van der Waals surface area contributed by atoms with Crippen molar-refractivity contribution in [2.45, 2.75) is 116 Å². The maximum absolute atomic E-state index is 9.68. The summed E-state index contributed by atoms with van der Waals surface area (Å²) in [6.45, 7) is 26.4. The fourth-order valence-corrected chi connectivity index (χ4v) is 11.1. The largest absolute Gasteiger partial charge is 2.00 e. The van der Waals surface area contributed by atoms with Crippen LogP contribution in [0, 0.1) is 32.9 Å². The summed E-state index contributed by atoms with van der Waals surface area (Å²) in [6, 6.07) is 39.0. The zero-order valence-corrected chi connectivity index (χ0v) is 39.8. The first-order valence-corrected chi connectivity index (χ1v) is 21.8. The molecule has 0 radical (unpaired) electrons. The quantitative estimate of drug-likeness (QED) is 0.165. The number of benzene rings is 5. The molecule has 2 aliphatic heterocycles. The van der Waals surface area contributed by atoms with Gasteiger partial charge in [-0.1, -0.05) is 108 Å². The Morgan fingerprint density at radius 2 is 1.60 bits per heavy atom. The number of pyridine rings is 1. The number of anilines is 3. The topological polar surface area (TPSA) is 33.4 Å². The molecule has 0 bridgehead atoms. The fourth-order valence-electron chi connectivity index (χ4n) is 9.67. The van der Waals surface area contributed by atoms with Crippen LogP contribution in [0.1, 0.15) is 127 Å². The number of rotatable bonds is 4. The molecule has 10 rings (SSSR count). The molecule has 5 aromatic carbocycles. The molecule has 0 saturated carbocycles. The number of aromatic nitrogens is 2. The third-order valence-corrected chi connectivity index (χ3v) is 15.2. The van der Waals surface area contributed by atoms with Crippen molar-refractivity contribution in [1.29, 1.82) is 0 Å². The molecular weight excluding hydrogens is 932 g/mol. The Kier molecular flexibility index (Phi) is 8.84. The second-order valence-electron chi connectivity index (χ2n) is 19.3. The molecule has 4 nitrogen and oxygen atoms in total. The minimum atomic E-state index is -1.66. The third-order valence-electron chi connectivity index (χ3n) is 13.7. The van der Waals surface area contributed by atoms with Gasteiger partial charge in [-0.3, -0.25) is 0 Å². The molecule has 2 atom stereocenters. The van der Waals surface area contributed by atoms with Crippen LogP contribution in [-0.4, -0.2) is 20.1 Å². The van der Waals surface area contributed by atoms with E-state index in [1.165, 1.54) is 33.2 Å². The van der Waals surface area contributed by atoms with E-state index in [-0.39, 0.29) is 37.8 Å².